The Labute approximate surface area is 107 Å². The maximum atomic E-state index is 8.88. The molecule has 0 aromatic heterocycles. The second-order valence-corrected chi connectivity index (χ2v) is 3.96. The van der Waals surface area contributed by atoms with Crippen LogP contribution in [0.3, 0.4) is 0 Å². The molecule has 0 saturated heterocycles. The van der Waals surface area contributed by atoms with E-state index in [2.05, 4.69) is 30.0 Å². The number of hydrogen-bond donors (Lipinski definition) is 1. The van der Waals surface area contributed by atoms with Gasteiger partial charge in [-0.3, -0.25) is 0 Å². The van der Waals surface area contributed by atoms with E-state index < -0.39 is 0 Å². The maximum Gasteiger partial charge on any atom is 0.101 e. The van der Waals surface area contributed by atoms with Crippen LogP contribution in [0.15, 0.2) is 48.5 Å². The molecule has 2 aromatic rings. The molecule has 0 aliphatic carbocycles. The molecule has 2 aromatic carbocycles. The first-order chi connectivity index (χ1) is 8.76. The van der Waals surface area contributed by atoms with Crippen molar-refractivity contribution in [3.63, 3.8) is 0 Å². The summed E-state index contributed by atoms with van der Waals surface area (Å²) in [6.07, 6.45) is 0. The number of benzene rings is 2. The molecule has 3 nitrogen and oxygen atoms in total. The van der Waals surface area contributed by atoms with Crippen LogP contribution in [-0.4, -0.2) is 6.54 Å². The first kappa shape index (κ1) is 12.0. The molecule has 0 atom stereocenters. The normalized spacial score (nSPS) is 9.78. The van der Waals surface area contributed by atoms with E-state index in [9.17, 15) is 0 Å². The number of nitriles is 1. The lowest BCUT2D eigenvalue weighted by atomic mass is 10.1. The van der Waals surface area contributed by atoms with E-state index in [1.165, 1.54) is 0 Å². The van der Waals surface area contributed by atoms with Crippen molar-refractivity contribution in [2.45, 2.75) is 6.92 Å². The second-order valence-electron chi connectivity index (χ2n) is 3.96. The van der Waals surface area contributed by atoms with Crippen LogP contribution < -0.4 is 10.6 Å². The third-order valence-electron chi connectivity index (χ3n) is 2.85. The summed E-state index contributed by atoms with van der Waals surface area (Å²) in [4.78, 5) is 2.15. The monoisotopic (exact) mass is 237 g/mol. The Morgan fingerprint density at radius 1 is 1.11 bits per heavy atom. The van der Waals surface area contributed by atoms with Crippen molar-refractivity contribution in [3.8, 4) is 6.07 Å². The summed E-state index contributed by atoms with van der Waals surface area (Å²) < 4.78 is 0. The van der Waals surface area contributed by atoms with Crippen LogP contribution in [0, 0.1) is 11.3 Å². The third kappa shape index (κ3) is 2.28. The number of anilines is 3. The van der Waals surface area contributed by atoms with E-state index in [1.54, 1.807) is 6.07 Å². The standard InChI is InChI=1S/C15H15N3/c1-2-18(13-6-4-3-5-7-13)14-9-8-12(11-16)15(17)10-14/h3-10H,2,17H2,1H3. The number of nitrogens with two attached hydrogens (primary N) is 1. The Morgan fingerprint density at radius 2 is 1.83 bits per heavy atom. The summed E-state index contributed by atoms with van der Waals surface area (Å²) in [6, 6.07) is 17.7. The molecule has 0 aliphatic heterocycles. The average molecular weight is 237 g/mol. The third-order valence-corrected chi connectivity index (χ3v) is 2.85. The van der Waals surface area contributed by atoms with Crippen LogP contribution in [0.1, 0.15) is 12.5 Å². The maximum absolute atomic E-state index is 8.88. The Hall–Kier alpha value is -2.47. The van der Waals surface area contributed by atoms with Gasteiger partial charge in [0.2, 0.25) is 0 Å². The van der Waals surface area contributed by atoms with E-state index in [1.807, 2.05) is 30.3 Å². The molecule has 90 valence electrons. The van der Waals surface area contributed by atoms with Crippen LogP contribution in [0.4, 0.5) is 17.1 Å². The van der Waals surface area contributed by atoms with Gasteiger partial charge >= 0.3 is 0 Å². The Bertz CT molecular complexity index is 570. The smallest absolute Gasteiger partial charge is 0.101 e. The molecular weight excluding hydrogens is 222 g/mol. The number of hydrogen-bond acceptors (Lipinski definition) is 3. The highest BCUT2D eigenvalue weighted by molar-refractivity contribution is 5.69. The lowest BCUT2D eigenvalue weighted by Crippen LogP contribution is -2.16. The van der Waals surface area contributed by atoms with Gasteiger partial charge < -0.3 is 10.6 Å². The summed E-state index contributed by atoms with van der Waals surface area (Å²) in [5, 5.41) is 8.88. The van der Waals surface area contributed by atoms with E-state index in [4.69, 9.17) is 11.0 Å². The van der Waals surface area contributed by atoms with Gasteiger partial charge in [-0.15, -0.1) is 0 Å². The van der Waals surface area contributed by atoms with E-state index in [0.717, 1.165) is 17.9 Å². The highest BCUT2D eigenvalue weighted by Crippen LogP contribution is 2.27. The molecule has 0 aliphatic rings. The lowest BCUT2D eigenvalue weighted by Gasteiger charge is -2.23. The Kier molecular flexibility index (Phi) is 3.49. The quantitative estimate of drug-likeness (QED) is 0.833. The first-order valence-electron chi connectivity index (χ1n) is 5.88. The van der Waals surface area contributed by atoms with Crippen LogP contribution in [0.2, 0.25) is 0 Å². The van der Waals surface area contributed by atoms with Gasteiger partial charge in [-0.05, 0) is 37.3 Å². The van der Waals surface area contributed by atoms with Gasteiger partial charge in [0.25, 0.3) is 0 Å². The molecule has 0 saturated carbocycles. The van der Waals surface area contributed by atoms with E-state index in [-0.39, 0.29) is 0 Å². The molecular formula is C15H15N3. The fourth-order valence-electron chi connectivity index (χ4n) is 1.94. The molecule has 0 bridgehead atoms. The molecule has 18 heavy (non-hydrogen) atoms. The molecule has 0 fully saturated rings. The molecule has 0 heterocycles. The topological polar surface area (TPSA) is 53.0 Å². The summed E-state index contributed by atoms with van der Waals surface area (Å²) in [7, 11) is 0. The molecule has 0 radical (unpaired) electrons. The zero-order chi connectivity index (χ0) is 13.0. The predicted molar refractivity (Wildman–Crippen MR) is 74.7 cm³/mol. The van der Waals surface area contributed by atoms with Gasteiger partial charge in [-0.2, -0.15) is 5.26 Å². The van der Waals surface area contributed by atoms with Crippen LogP contribution in [0.5, 0.6) is 0 Å². The lowest BCUT2D eigenvalue weighted by molar-refractivity contribution is 1.02. The van der Waals surface area contributed by atoms with E-state index in [0.29, 0.717) is 11.3 Å². The van der Waals surface area contributed by atoms with Gasteiger partial charge in [-0.25, -0.2) is 0 Å². The number of para-hydroxylation sites is 1. The second kappa shape index (κ2) is 5.24. The highest BCUT2D eigenvalue weighted by Gasteiger charge is 2.08. The van der Waals surface area contributed by atoms with Crippen molar-refractivity contribution in [1.29, 1.82) is 5.26 Å². The minimum atomic E-state index is 0.517. The van der Waals surface area contributed by atoms with Gasteiger partial charge in [0.15, 0.2) is 0 Å². The molecule has 3 heteroatoms. The van der Waals surface area contributed by atoms with Crippen LogP contribution >= 0.6 is 0 Å². The molecule has 0 amide bonds. The summed E-state index contributed by atoms with van der Waals surface area (Å²) in [5.41, 5.74) is 9.00. The van der Waals surface area contributed by atoms with Crippen LogP contribution in [-0.2, 0) is 0 Å². The fourth-order valence-corrected chi connectivity index (χ4v) is 1.94. The number of nitrogen functional groups attached to an aromatic ring is 1. The van der Waals surface area contributed by atoms with Crippen molar-refractivity contribution in [2.75, 3.05) is 17.2 Å². The average Bonchev–Trinajstić information content (AvgIpc) is 2.41. The van der Waals surface area contributed by atoms with Gasteiger partial charge in [0.05, 0.1) is 11.3 Å². The Morgan fingerprint density at radius 3 is 2.39 bits per heavy atom. The van der Waals surface area contributed by atoms with Crippen molar-refractivity contribution >= 4 is 17.1 Å². The van der Waals surface area contributed by atoms with Crippen molar-refractivity contribution in [2.24, 2.45) is 0 Å². The molecule has 2 rings (SSSR count). The summed E-state index contributed by atoms with van der Waals surface area (Å²) in [5.74, 6) is 0. The van der Waals surface area contributed by atoms with Crippen molar-refractivity contribution in [1.82, 2.24) is 0 Å². The molecule has 0 spiro atoms. The van der Waals surface area contributed by atoms with Gasteiger partial charge in [-0.1, -0.05) is 18.2 Å². The minimum absolute atomic E-state index is 0.517. The largest absolute Gasteiger partial charge is 0.398 e. The van der Waals surface area contributed by atoms with Crippen LogP contribution in [0.25, 0.3) is 0 Å². The number of nitrogens with zero attached hydrogens (tertiary/aromatic N) is 2. The zero-order valence-corrected chi connectivity index (χ0v) is 10.3. The predicted octanol–water partition coefficient (Wildman–Crippen LogP) is 3.30. The Balaban J connectivity index is 2.41. The molecule has 2 N–H and O–H groups in total. The molecule has 0 unspecified atom stereocenters. The number of rotatable bonds is 3. The minimum Gasteiger partial charge on any atom is -0.398 e. The summed E-state index contributed by atoms with van der Waals surface area (Å²) >= 11 is 0. The highest BCUT2D eigenvalue weighted by atomic mass is 15.1. The van der Waals surface area contributed by atoms with E-state index >= 15 is 0 Å². The van der Waals surface area contributed by atoms with Crippen molar-refractivity contribution in [3.05, 3.63) is 54.1 Å². The van der Waals surface area contributed by atoms with Gasteiger partial charge in [0.1, 0.15) is 6.07 Å². The summed E-state index contributed by atoms with van der Waals surface area (Å²) in [6.45, 7) is 2.93. The SMILES string of the molecule is CCN(c1ccccc1)c1ccc(C#N)c(N)c1. The van der Waals surface area contributed by atoms with Crippen molar-refractivity contribution < 1.29 is 0 Å². The first-order valence-corrected chi connectivity index (χ1v) is 5.88. The zero-order valence-electron chi connectivity index (χ0n) is 10.3. The fraction of sp³-hybridized carbons (Fsp3) is 0.133. The van der Waals surface area contributed by atoms with Gasteiger partial charge in [0, 0.05) is 17.9 Å².